The number of carbonyl (C=O) groups is 1. The van der Waals surface area contributed by atoms with Crippen molar-refractivity contribution in [3.8, 4) is 17.4 Å². The van der Waals surface area contributed by atoms with Crippen molar-refractivity contribution in [1.82, 2.24) is 4.98 Å². The number of hydrogen-bond donors (Lipinski definition) is 0. The van der Waals surface area contributed by atoms with E-state index < -0.39 is 23.8 Å². The maximum atomic E-state index is 14.4. The number of benzene rings is 2. The molecule has 9 heteroatoms. The Labute approximate surface area is 213 Å². The molecule has 3 heterocycles. The van der Waals surface area contributed by atoms with Crippen LogP contribution in [0.4, 0.5) is 18.9 Å². The van der Waals surface area contributed by atoms with Crippen LogP contribution in [0.1, 0.15) is 43.9 Å². The summed E-state index contributed by atoms with van der Waals surface area (Å²) in [6, 6.07) is 16.3. The number of hydrogen-bond acceptors (Lipinski definition) is 5. The van der Waals surface area contributed by atoms with Gasteiger partial charge in [0.1, 0.15) is 22.5 Å². The van der Waals surface area contributed by atoms with E-state index in [4.69, 9.17) is 14.2 Å². The molecule has 6 nitrogen and oxygen atoms in total. The largest absolute Gasteiger partial charge is 0.494 e. The van der Waals surface area contributed by atoms with Gasteiger partial charge in [-0.2, -0.15) is 13.2 Å². The van der Waals surface area contributed by atoms with Crippen molar-refractivity contribution in [3.63, 3.8) is 0 Å². The molecule has 194 valence electrons. The van der Waals surface area contributed by atoms with E-state index in [2.05, 4.69) is 4.98 Å². The third-order valence-corrected chi connectivity index (χ3v) is 6.59. The van der Waals surface area contributed by atoms with E-state index >= 15 is 0 Å². The van der Waals surface area contributed by atoms with Crippen LogP contribution >= 0.6 is 0 Å². The van der Waals surface area contributed by atoms with Crippen LogP contribution in [-0.2, 0) is 16.8 Å². The van der Waals surface area contributed by atoms with Crippen molar-refractivity contribution in [2.75, 3.05) is 18.1 Å². The van der Waals surface area contributed by atoms with Gasteiger partial charge in [-0.3, -0.25) is 4.79 Å². The van der Waals surface area contributed by atoms with Gasteiger partial charge in [-0.15, -0.1) is 0 Å². The van der Waals surface area contributed by atoms with Crippen LogP contribution in [0.5, 0.6) is 17.4 Å². The van der Waals surface area contributed by atoms with E-state index in [0.29, 0.717) is 30.1 Å². The molecule has 3 aromatic rings. The molecule has 0 bridgehead atoms. The summed E-state index contributed by atoms with van der Waals surface area (Å²) in [6.07, 6.45) is -2.57. The molecule has 0 radical (unpaired) electrons. The van der Waals surface area contributed by atoms with Gasteiger partial charge in [0.05, 0.1) is 13.2 Å². The topological polar surface area (TPSA) is 60.9 Å². The molecule has 2 aliphatic heterocycles. The van der Waals surface area contributed by atoms with Gasteiger partial charge in [-0.05, 0) is 44.0 Å². The summed E-state index contributed by atoms with van der Waals surface area (Å²) in [5.74, 6) is 1.06. The van der Waals surface area contributed by atoms with Crippen LogP contribution in [0.2, 0.25) is 0 Å². The van der Waals surface area contributed by atoms with Gasteiger partial charge < -0.3 is 19.1 Å². The zero-order chi connectivity index (χ0) is 26.4. The lowest BCUT2D eigenvalue weighted by Crippen LogP contribution is -2.50. The SMILES string of the molecule is CCOc1ccc2c(c1)OC(C)(C)CC21C(=O)N(Cc2ccc(OCC(F)(F)F)nc2)c2ccccc21. The molecule has 2 aromatic carbocycles. The second kappa shape index (κ2) is 8.97. The van der Waals surface area contributed by atoms with Crippen LogP contribution in [0, 0.1) is 0 Å². The quantitative estimate of drug-likeness (QED) is 0.417. The number of halogens is 3. The number of aromatic nitrogens is 1. The third kappa shape index (κ3) is 4.58. The Morgan fingerprint density at radius 2 is 1.84 bits per heavy atom. The Hall–Kier alpha value is -3.75. The normalized spacial score (nSPS) is 19.8. The first-order valence-corrected chi connectivity index (χ1v) is 12.0. The fourth-order valence-electron chi connectivity index (χ4n) is 5.30. The number of anilines is 1. The summed E-state index contributed by atoms with van der Waals surface area (Å²) in [5, 5.41) is 0. The number of nitrogens with zero attached hydrogens (tertiary/aromatic N) is 2. The number of amides is 1. The molecule has 0 aliphatic carbocycles. The van der Waals surface area contributed by atoms with Gasteiger partial charge in [-0.1, -0.05) is 30.3 Å². The van der Waals surface area contributed by atoms with Gasteiger partial charge >= 0.3 is 6.18 Å². The van der Waals surface area contributed by atoms with E-state index in [-0.39, 0.29) is 18.3 Å². The molecule has 0 saturated carbocycles. The predicted molar refractivity (Wildman–Crippen MR) is 131 cm³/mol. The average molecular weight is 513 g/mol. The molecule has 0 N–H and O–H groups in total. The molecule has 5 rings (SSSR count). The Kier molecular flexibility index (Phi) is 6.04. The second-order valence-electron chi connectivity index (χ2n) is 9.85. The van der Waals surface area contributed by atoms with Crippen molar-refractivity contribution in [2.24, 2.45) is 0 Å². The average Bonchev–Trinajstić information content (AvgIpc) is 3.05. The van der Waals surface area contributed by atoms with Crippen LogP contribution in [0.25, 0.3) is 0 Å². The zero-order valence-corrected chi connectivity index (χ0v) is 20.8. The Morgan fingerprint density at radius 1 is 1.05 bits per heavy atom. The van der Waals surface area contributed by atoms with Crippen molar-refractivity contribution in [2.45, 2.75) is 50.9 Å². The number of fused-ring (bicyclic) bond motifs is 4. The Balaban J connectivity index is 1.52. The molecule has 1 atom stereocenters. The highest BCUT2D eigenvalue weighted by molar-refractivity contribution is 6.11. The first-order chi connectivity index (χ1) is 17.5. The molecule has 37 heavy (non-hydrogen) atoms. The maximum absolute atomic E-state index is 14.4. The minimum absolute atomic E-state index is 0.0899. The summed E-state index contributed by atoms with van der Waals surface area (Å²) in [5.41, 5.74) is 1.53. The number of ether oxygens (including phenoxy) is 3. The highest BCUT2D eigenvalue weighted by Gasteiger charge is 2.58. The van der Waals surface area contributed by atoms with Crippen molar-refractivity contribution >= 4 is 11.6 Å². The summed E-state index contributed by atoms with van der Waals surface area (Å²) < 4.78 is 54.1. The van der Waals surface area contributed by atoms with E-state index in [1.165, 1.54) is 12.3 Å². The first-order valence-electron chi connectivity index (χ1n) is 12.0. The fraction of sp³-hybridized carbons (Fsp3) is 0.357. The van der Waals surface area contributed by atoms with Crippen molar-refractivity contribution < 1.29 is 32.2 Å². The zero-order valence-electron chi connectivity index (χ0n) is 20.8. The molecular weight excluding hydrogens is 485 g/mol. The molecule has 1 amide bonds. The molecular formula is C28H27F3N2O4. The van der Waals surface area contributed by atoms with Gasteiger partial charge in [0.2, 0.25) is 11.8 Å². The van der Waals surface area contributed by atoms with E-state index in [1.54, 1.807) is 11.0 Å². The highest BCUT2D eigenvalue weighted by Crippen LogP contribution is 2.56. The van der Waals surface area contributed by atoms with Crippen LogP contribution in [-0.4, -0.2) is 35.9 Å². The smallest absolute Gasteiger partial charge is 0.422 e. The number of para-hydroxylation sites is 1. The van der Waals surface area contributed by atoms with Gasteiger partial charge in [0, 0.05) is 36.0 Å². The minimum atomic E-state index is -4.45. The predicted octanol–water partition coefficient (Wildman–Crippen LogP) is 5.82. The van der Waals surface area contributed by atoms with E-state index in [9.17, 15) is 18.0 Å². The molecule has 0 fully saturated rings. The lowest BCUT2D eigenvalue weighted by atomic mass is 9.67. The molecule has 1 unspecified atom stereocenters. The van der Waals surface area contributed by atoms with Crippen LogP contribution in [0.15, 0.2) is 60.8 Å². The molecule has 0 saturated heterocycles. The first kappa shape index (κ1) is 24.9. The number of pyridine rings is 1. The standard InChI is InChI=1S/C28H27F3N2O4/c1-4-35-19-10-11-21-23(13-19)37-26(2,3)16-27(21)20-7-5-6-8-22(20)33(25(27)34)15-18-9-12-24(32-14-18)36-17-28(29,30)31/h5-14H,4,15-17H2,1-3H3. The number of carbonyl (C=O) groups excluding carboxylic acids is 1. The Bertz CT molecular complexity index is 1320. The van der Waals surface area contributed by atoms with E-state index in [0.717, 1.165) is 16.8 Å². The third-order valence-electron chi connectivity index (χ3n) is 6.59. The van der Waals surface area contributed by atoms with Gasteiger partial charge in [0.15, 0.2) is 6.61 Å². The van der Waals surface area contributed by atoms with Crippen molar-refractivity contribution in [3.05, 3.63) is 77.5 Å². The highest BCUT2D eigenvalue weighted by atomic mass is 19.4. The molecule has 2 aliphatic rings. The summed E-state index contributed by atoms with van der Waals surface area (Å²) in [6.45, 7) is 5.14. The summed E-state index contributed by atoms with van der Waals surface area (Å²) in [4.78, 5) is 20.1. The molecule has 1 aromatic heterocycles. The van der Waals surface area contributed by atoms with Crippen LogP contribution < -0.4 is 19.1 Å². The number of alkyl halides is 3. The molecule has 1 spiro atoms. The monoisotopic (exact) mass is 512 g/mol. The number of rotatable bonds is 6. The fourth-order valence-corrected chi connectivity index (χ4v) is 5.30. The lowest BCUT2D eigenvalue weighted by Gasteiger charge is -2.43. The van der Waals surface area contributed by atoms with Gasteiger partial charge in [-0.25, -0.2) is 4.98 Å². The minimum Gasteiger partial charge on any atom is -0.494 e. The van der Waals surface area contributed by atoms with E-state index in [1.807, 2.05) is 63.2 Å². The summed E-state index contributed by atoms with van der Waals surface area (Å²) in [7, 11) is 0. The second-order valence-corrected chi connectivity index (χ2v) is 9.85. The van der Waals surface area contributed by atoms with Gasteiger partial charge in [0.25, 0.3) is 0 Å². The lowest BCUT2D eigenvalue weighted by molar-refractivity contribution is -0.154. The Morgan fingerprint density at radius 3 is 2.54 bits per heavy atom. The van der Waals surface area contributed by atoms with Crippen molar-refractivity contribution in [1.29, 1.82) is 0 Å². The summed E-state index contributed by atoms with van der Waals surface area (Å²) >= 11 is 0. The van der Waals surface area contributed by atoms with Crippen LogP contribution in [0.3, 0.4) is 0 Å². The maximum Gasteiger partial charge on any atom is 0.422 e.